The van der Waals surface area contributed by atoms with Crippen LogP contribution in [0.4, 0.5) is 0 Å². The molecule has 0 aromatic rings. The van der Waals surface area contributed by atoms with Crippen LogP contribution < -0.4 is 0 Å². The molecule has 2 N–H and O–H groups in total. The van der Waals surface area contributed by atoms with Gasteiger partial charge in [0.05, 0.1) is 24.4 Å². The predicted molar refractivity (Wildman–Crippen MR) is 81.7 cm³/mol. The van der Waals surface area contributed by atoms with E-state index in [9.17, 15) is 10.2 Å². The van der Waals surface area contributed by atoms with Crippen LogP contribution in [0.3, 0.4) is 0 Å². The lowest BCUT2D eigenvalue weighted by Gasteiger charge is -2.26. The zero-order chi connectivity index (χ0) is 14.3. The molecule has 0 saturated carbocycles. The molecule has 0 radical (unpaired) electrons. The maximum absolute atomic E-state index is 9.96. The summed E-state index contributed by atoms with van der Waals surface area (Å²) in [4.78, 5) is 0.119. The maximum atomic E-state index is 9.96. The molecule has 1 fully saturated rings. The molecule has 4 heteroatoms. The lowest BCUT2D eigenvalue weighted by atomic mass is 10.0. The summed E-state index contributed by atoms with van der Waals surface area (Å²) in [6, 6.07) is 0. The minimum Gasteiger partial charge on any atom is -0.390 e. The smallest absolute Gasteiger partial charge is 0.0810 e. The van der Waals surface area contributed by atoms with Crippen molar-refractivity contribution in [3.05, 3.63) is 0 Å². The van der Waals surface area contributed by atoms with Crippen LogP contribution in [0.1, 0.15) is 65.2 Å². The molecule has 1 heterocycles. The summed E-state index contributed by atoms with van der Waals surface area (Å²) in [6.45, 7) is 4.32. The first-order valence-corrected chi connectivity index (χ1v) is 8.65. The second kappa shape index (κ2) is 9.32. The van der Waals surface area contributed by atoms with Gasteiger partial charge in [-0.1, -0.05) is 49.0 Å². The molecule has 1 saturated heterocycles. The average Bonchev–Trinajstić information content (AvgIpc) is 2.44. The molecule has 1 aliphatic heterocycles. The van der Waals surface area contributed by atoms with Gasteiger partial charge in [-0.2, -0.15) is 0 Å². The first-order chi connectivity index (χ1) is 9.08. The SMILES string of the molecule is CCCCCC1CCC(O)[C@H](O)C[C@H](Br)C(CC)O1. The van der Waals surface area contributed by atoms with Gasteiger partial charge in [0.2, 0.25) is 0 Å². The Hall–Kier alpha value is 0.360. The molecule has 0 aromatic heterocycles. The Morgan fingerprint density at radius 1 is 1.11 bits per heavy atom. The van der Waals surface area contributed by atoms with Crippen molar-refractivity contribution in [3.63, 3.8) is 0 Å². The molecule has 114 valence electrons. The summed E-state index contributed by atoms with van der Waals surface area (Å²) >= 11 is 3.62. The van der Waals surface area contributed by atoms with Crippen LogP contribution in [0.25, 0.3) is 0 Å². The standard InChI is InChI=1S/C15H29BrO3/c1-3-5-6-7-11-8-9-13(17)14(18)10-12(16)15(4-2)19-11/h11-15,17-18H,3-10H2,1-2H3/t11?,12-,13?,14+,15?/m0/s1. The van der Waals surface area contributed by atoms with E-state index in [0.29, 0.717) is 12.8 Å². The van der Waals surface area contributed by atoms with E-state index in [4.69, 9.17) is 4.74 Å². The zero-order valence-corrected chi connectivity index (χ0v) is 13.8. The van der Waals surface area contributed by atoms with Crippen LogP contribution in [0, 0.1) is 0 Å². The molecule has 0 spiro atoms. The highest BCUT2D eigenvalue weighted by Gasteiger charge is 2.30. The fourth-order valence-corrected chi connectivity index (χ4v) is 3.56. The van der Waals surface area contributed by atoms with Crippen LogP contribution in [-0.4, -0.2) is 39.5 Å². The molecular formula is C15H29BrO3. The third-order valence-electron chi connectivity index (χ3n) is 4.00. The molecule has 1 rings (SSSR count). The van der Waals surface area contributed by atoms with Gasteiger partial charge in [0, 0.05) is 4.83 Å². The number of aliphatic hydroxyl groups excluding tert-OH is 2. The number of aliphatic hydroxyl groups is 2. The normalized spacial score (nSPS) is 37.4. The first-order valence-electron chi connectivity index (χ1n) is 7.74. The monoisotopic (exact) mass is 336 g/mol. The van der Waals surface area contributed by atoms with Crippen LogP contribution in [0.2, 0.25) is 0 Å². The Bertz CT molecular complexity index is 237. The van der Waals surface area contributed by atoms with Gasteiger partial charge in [0.25, 0.3) is 0 Å². The molecule has 5 atom stereocenters. The van der Waals surface area contributed by atoms with Crippen molar-refractivity contribution < 1.29 is 14.9 Å². The van der Waals surface area contributed by atoms with Gasteiger partial charge in [-0.3, -0.25) is 0 Å². The third-order valence-corrected chi connectivity index (χ3v) is 4.96. The minimum absolute atomic E-state index is 0.119. The summed E-state index contributed by atoms with van der Waals surface area (Å²) in [6.07, 6.45) is 6.76. The van der Waals surface area contributed by atoms with Gasteiger partial charge in [0.1, 0.15) is 0 Å². The lowest BCUT2D eigenvalue weighted by Crippen LogP contribution is -2.32. The van der Waals surface area contributed by atoms with Gasteiger partial charge < -0.3 is 14.9 Å². The highest BCUT2D eigenvalue weighted by Crippen LogP contribution is 2.27. The molecule has 3 unspecified atom stereocenters. The number of halogens is 1. The average molecular weight is 337 g/mol. The number of hydrogen-bond acceptors (Lipinski definition) is 3. The Kier molecular flexibility index (Phi) is 8.54. The van der Waals surface area contributed by atoms with Crippen LogP contribution in [0.5, 0.6) is 0 Å². The van der Waals surface area contributed by atoms with Gasteiger partial charge in [-0.25, -0.2) is 0 Å². The van der Waals surface area contributed by atoms with Crippen molar-refractivity contribution in [1.29, 1.82) is 0 Å². The molecule has 19 heavy (non-hydrogen) atoms. The lowest BCUT2D eigenvalue weighted by molar-refractivity contribution is -0.0236. The summed E-state index contributed by atoms with van der Waals surface area (Å²) in [5.41, 5.74) is 0. The van der Waals surface area contributed by atoms with E-state index < -0.39 is 12.2 Å². The molecule has 0 bridgehead atoms. The van der Waals surface area contributed by atoms with Crippen LogP contribution >= 0.6 is 15.9 Å². The second-order valence-electron chi connectivity index (χ2n) is 5.66. The van der Waals surface area contributed by atoms with Crippen LogP contribution in [-0.2, 0) is 4.74 Å². The first kappa shape index (κ1) is 17.4. The number of hydrogen-bond donors (Lipinski definition) is 2. The van der Waals surface area contributed by atoms with E-state index in [1.807, 2.05) is 0 Å². The summed E-state index contributed by atoms with van der Waals surface area (Å²) in [7, 11) is 0. The Labute approximate surface area is 125 Å². The third kappa shape index (κ3) is 6.11. The van der Waals surface area contributed by atoms with Crippen molar-refractivity contribution in [1.82, 2.24) is 0 Å². The summed E-state index contributed by atoms with van der Waals surface area (Å²) in [5.74, 6) is 0. The molecule has 0 amide bonds. The second-order valence-corrected chi connectivity index (χ2v) is 6.84. The Morgan fingerprint density at radius 3 is 2.47 bits per heavy atom. The molecule has 0 aromatic carbocycles. The molecule has 1 aliphatic rings. The Morgan fingerprint density at radius 2 is 1.84 bits per heavy atom. The van der Waals surface area contributed by atoms with Crippen molar-refractivity contribution in [2.24, 2.45) is 0 Å². The minimum atomic E-state index is -0.642. The maximum Gasteiger partial charge on any atom is 0.0810 e. The van der Waals surface area contributed by atoms with E-state index in [0.717, 1.165) is 19.3 Å². The van der Waals surface area contributed by atoms with E-state index in [1.165, 1.54) is 19.3 Å². The highest BCUT2D eigenvalue weighted by atomic mass is 79.9. The van der Waals surface area contributed by atoms with Gasteiger partial charge in [0.15, 0.2) is 0 Å². The topological polar surface area (TPSA) is 49.7 Å². The Balaban J connectivity index is 2.60. The van der Waals surface area contributed by atoms with E-state index in [2.05, 4.69) is 29.8 Å². The van der Waals surface area contributed by atoms with Gasteiger partial charge >= 0.3 is 0 Å². The quantitative estimate of drug-likeness (QED) is 0.597. The van der Waals surface area contributed by atoms with E-state index >= 15 is 0 Å². The van der Waals surface area contributed by atoms with Gasteiger partial charge in [-0.05, 0) is 32.1 Å². The van der Waals surface area contributed by atoms with Crippen molar-refractivity contribution >= 4 is 15.9 Å². The fourth-order valence-electron chi connectivity index (χ4n) is 2.68. The molecule has 0 aliphatic carbocycles. The zero-order valence-electron chi connectivity index (χ0n) is 12.2. The fraction of sp³-hybridized carbons (Fsp3) is 1.00. The number of ether oxygens (including phenoxy) is 1. The highest BCUT2D eigenvalue weighted by molar-refractivity contribution is 9.09. The van der Waals surface area contributed by atoms with E-state index in [1.54, 1.807) is 0 Å². The van der Waals surface area contributed by atoms with Crippen LogP contribution in [0.15, 0.2) is 0 Å². The number of rotatable bonds is 5. The number of alkyl halides is 1. The molecular weight excluding hydrogens is 308 g/mol. The van der Waals surface area contributed by atoms with E-state index in [-0.39, 0.29) is 17.0 Å². The van der Waals surface area contributed by atoms with Gasteiger partial charge in [-0.15, -0.1) is 0 Å². The van der Waals surface area contributed by atoms with Crippen molar-refractivity contribution in [3.8, 4) is 0 Å². The summed E-state index contributed by atoms with van der Waals surface area (Å²) < 4.78 is 6.21. The van der Waals surface area contributed by atoms with Crippen molar-refractivity contribution in [2.75, 3.05) is 0 Å². The van der Waals surface area contributed by atoms with Crippen molar-refractivity contribution in [2.45, 2.75) is 94.5 Å². The number of unbranched alkanes of at least 4 members (excludes halogenated alkanes) is 2. The molecule has 3 nitrogen and oxygen atoms in total. The summed E-state index contributed by atoms with van der Waals surface area (Å²) in [5, 5.41) is 19.9. The predicted octanol–water partition coefficient (Wildman–Crippen LogP) is 3.40. The largest absolute Gasteiger partial charge is 0.390 e.